The zero-order valence-corrected chi connectivity index (χ0v) is 17.8. The first kappa shape index (κ1) is 20.5. The normalized spacial score (nSPS) is 11.3. The minimum Gasteiger partial charge on any atom is -0.492 e. The van der Waals surface area contributed by atoms with E-state index in [4.69, 9.17) is 16.3 Å². The Morgan fingerprint density at radius 1 is 1.17 bits per heavy atom. The second-order valence-corrected chi connectivity index (χ2v) is 8.18. The number of halogens is 2. The quantitative estimate of drug-likeness (QED) is 0.439. The molecule has 0 aliphatic heterocycles. The molecule has 2 aromatic heterocycles. The number of hydrogen-bond acceptors (Lipinski definition) is 5. The lowest BCUT2D eigenvalue weighted by molar-refractivity contribution is 0.230. The molecular weight excluding hydrogens is 425 g/mol. The molecule has 8 heteroatoms. The zero-order chi connectivity index (χ0) is 21.1. The second-order valence-electron chi connectivity index (χ2n) is 6.89. The molecule has 30 heavy (non-hydrogen) atoms. The predicted octanol–water partition coefficient (Wildman–Crippen LogP) is 4.95. The van der Waals surface area contributed by atoms with Crippen LogP contribution in [0.3, 0.4) is 0 Å². The Balaban J connectivity index is 1.44. The summed E-state index contributed by atoms with van der Waals surface area (Å²) < 4.78 is 18.9. The lowest BCUT2D eigenvalue weighted by Gasteiger charge is -2.16. The summed E-state index contributed by atoms with van der Waals surface area (Å²) in [5, 5.41) is 3.08. The van der Waals surface area contributed by atoms with Crippen molar-refractivity contribution in [3.05, 3.63) is 80.9 Å². The van der Waals surface area contributed by atoms with E-state index in [-0.39, 0.29) is 11.4 Å². The molecule has 0 saturated carbocycles. The van der Waals surface area contributed by atoms with Gasteiger partial charge >= 0.3 is 0 Å². The Kier molecular flexibility index (Phi) is 6.13. The minimum atomic E-state index is -0.310. The Labute approximate surface area is 181 Å². The Morgan fingerprint density at radius 3 is 2.63 bits per heavy atom. The van der Waals surface area contributed by atoms with Crippen LogP contribution >= 0.6 is 22.9 Å². The number of nitrogens with one attached hydrogen (secondary N) is 1. The third kappa shape index (κ3) is 4.70. The molecule has 4 aromatic rings. The molecular formula is C22H19ClFN3O2S. The van der Waals surface area contributed by atoms with Crippen molar-refractivity contribution >= 4 is 33.2 Å². The van der Waals surface area contributed by atoms with Crippen LogP contribution in [0.1, 0.15) is 5.82 Å². The van der Waals surface area contributed by atoms with Crippen LogP contribution in [0.25, 0.3) is 21.3 Å². The van der Waals surface area contributed by atoms with E-state index in [2.05, 4.69) is 9.97 Å². The summed E-state index contributed by atoms with van der Waals surface area (Å²) in [6, 6.07) is 13.3. The van der Waals surface area contributed by atoms with Crippen LogP contribution in [0.5, 0.6) is 5.75 Å². The van der Waals surface area contributed by atoms with Gasteiger partial charge in [0.25, 0.3) is 5.56 Å². The Bertz CT molecular complexity index is 1210. The van der Waals surface area contributed by atoms with Crippen molar-refractivity contribution in [3.8, 4) is 16.9 Å². The summed E-state index contributed by atoms with van der Waals surface area (Å²) >= 11 is 7.28. The number of thiophene rings is 1. The van der Waals surface area contributed by atoms with Crippen LogP contribution in [-0.2, 0) is 6.54 Å². The summed E-state index contributed by atoms with van der Waals surface area (Å²) in [6.45, 7) is 1.65. The molecule has 0 bridgehead atoms. The highest BCUT2D eigenvalue weighted by Gasteiger charge is 2.14. The van der Waals surface area contributed by atoms with Crippen molar-refractivity contribution in [1.82, 2.24) is 14.9 Å². The molecule has 0 radical (unpaired) electrons. The van der Waals surface area contributed by atoms with Crippen molar-refractivity contribution in [2.45, 2.75) is 6.54 Å². The Hall–Kier alpha value is -2.74. The zero-order valence-electron chi connectivity index (χ0n) is 16.2. The number of aromatic amines is 1. The number of ether oxygens (including phenoxy) is 1. The molecule has 0 amide bonds. The second kappa shape index (κ2) is 8.95. The molecule has 0 atom stereocenters. The minimum absolute atomic E-state index is 0.193. The fourth-order valence-corrected chi connectivity index (χ4v) is 4.19. The highest BCUT2D eigenvalue weighted by atomic mass is 35.5. The highest BCUT2D eigenvalue weighted by molar-refractivity contribution is 7.17. The van der Waals surface area contributed by atoms with Gasteiger partial charge in [-0.25, -0.2) is 9.37 Å². The van der Waals surface area contributed by atoms with Crippen LogP contribution in [0.4, 0.5) is 4.39 Å². The topological polar surface area (TPSA) is 58.2 Å². The Morgan fingerprint density at radius 2 is 1.90 bits per heavy atom. The van der Waals surface area contributed by atoms with Gasteiger partial charge in [0.15, 0.2) is 0 Å². The van der Waals surface area contributed by atoms with E-state index in [1.165, 1.54) is 23.5 Å². The van der Waals surface area contributed by atoms with Crippen LogP contribution in [0, 0.1) is 5.82 Å². The smallest absolute Gasteiger partial charge is 0.260 e. The predicted molar refractivity (Wildman–Crippen MR) is 119 cm³/mol. The van der Waals surface area contributed by atoms with E-state index in [1.807, 2.05) is 29.5 Å². The number of benzene rings is 2. The van der Waals surface area contributed by atoms with Gasteiger partial charge < -0.3 is 9.72 Å². The van der Waals surface area contributed by atoms with Gasteiger partial charge in [-0.2, -0.15) is 0 Å². The van der Waals surface area contributed by atoms with E-state index >= 15 is 0 Å². The van der Waals surface area contributed by atoms with Crippen molar-refractivity contribution in [3.63, 3.8) is 0 Å². The number of likely N-dealkylation sites (N-methyl/N-ethyl adjacent to an activating group) is 1. The third-order valence-corrected chi connectivity index (χ3v) is 5.75. The first-order valence-electron chi connectivity index (χ1n) is 9.33. The summed E-state index contributed by atoms with van der Waals surface area (Å²) in [5.74, 6) is 1.04. The highest BCUT2D eigenvalue weighted by Crippen LogP contribution is 2.30. The van der Waals surface area contributed by atoms with Gasteiger partial charge in [-0.1, -0.05) is 23.7 Å². The van der Waals surface area contributed by atoms with Crippen molar-refractivity contribution in [1.29, 1.82) is 0 Å². The average molecular weight is 444 g/mol. The van der Waals surface area contributed by atoms with Gasteiger partial charge in [0, 0.05) is 22.5 Å². The van der Waals surface area contributed by atoms with Gasteiger partial charge in [0.2, 0.25) is 0 Å². The fourth-order valence-electron chi connectivity index (χ4n) is 3.10. The van der Waals surface area contributed by atoms with E-state index in [1.54, 1.807) is 24.3 Å². The molecule has 0 fully saturated rings. The molecule has 0 spiro atoms. The maximum Gasteiger partial charge on any atom is 0.260 e. The molecule has 0 aliphatic rings. The number of H-pyrrole nitrogens is 1. The monoisotopic (exact) mass is 443 g/mol. The maximum atomic E-state index is 13.2. The molecule has 2 aromatic carbocycles. The number of rotatable bonds is 7. The number of aromatic nitrogens is 2. The van der Waals surface area contributed by atoms with Crippen molar-refractivity contribution < 1.29 is 9.13 Å². The van der Waals surface area contributed by atoms with E-state index < -0.39 is 0 Å². The summed E-state index contributed by atoms with van der Waals surface area (Å²) in [5.41, 5.74) is 1.36. The lowest BCUT2D eigenvalue weighted by Crippen LogP contribution is -2.26. The molecule has 154 valence electrons. The number of hydrogen-bond donors (Lipinski definition) is 1. The fraction of sp³-hybridized carbons (Fsp3) is 0.182. The van der Waals surface area contributed by atoms with Gasteiger partial charge in [-0.15, -0.1) is 11.3 Å². The number of nitrogens with zero attached hydrogens (tertiary/aromatic N) is 2. The van der Waals surface area contributed by atoms with Crippen molar-refractivity contribution in [2.75, 3.05) is 20.2 Å². The summed E-state index contributed by atoms with van der Waals surface area (Å²) in [4.78, 5) is 22.9. The average Bonchev–Trinajstić information content (AvgIpc) is 3.14. The summed E-state index contributed by atoms with van der Waals surface area (Å²) in [6.07, 6.45) is 0. The van der Waals surface area contributed by atoms with Gasteiger partial charge in [0.05, 0.1) is 11.9 Å². The molecule has 4 rings (SSSR count). The van der Waals surface area contributed by atoms with Gasteiger partial charge in [-0.05, 0) is 49.0 Å². The molecule has 2 heterocycles. The molecule has 5 nitrogen and oxygen atoms in total. The van der Waals surface area contributed by atoms with Crippen LogP contribution in [-0.4, -0.2) is 35.1 Å². The van der Waals surface area contributed by atoms with Gasteiger partial charge in [0.1, 0.15) is 28.8 Å². The molecule has 1 N–H and O–H groups in total. The lowest BCUT2D eigenvalue weighted by atomic mass is 10.1. The molecule has 0 aliphatic carbocycles. The van der Waals surface area contributed by atoms with Crippen LogP contribution in [0.15, 0.2) is 58.7 Å². The van der Waals surface area contributed by atoms with E-state index in [0.717, 1.165) is 16.9 Å². The third-order valence-electron chi connectivity index (χ3n) is 4.62. The van der Waals surface area contributed by atoms with Crippen LogP contribution < -0.4 is 10.3 Å². The standard InChI is InChI=1S/C22H19ClFN3O2S/c1-27(10-11-29-17-8-4-15(23)5-9-17)12-19-25-21(28)20-18(13-30-22(20)26-19)14-2-6-16(24)7-3-14/h2-9,13H,10-12H2,1H3,(H,25,26,28). The molecule has 0 unspecified atom stereocenters. The largest absolute Gasteiger partial charge is 0.492 e. The number of fused-ring (bicyclic) bond motifs is 1. The van der Waals surface area contributed by atoms with E-state index in [9.17, 15) is 9.18 Å². The van der Waals surface area contributed by atoms with Gasteiger partial charge in [-0.3, -0.25) is 9.69 Å². The molecule has 0 saturated heterocycles. The maximum absolute atomic E-state index is 13.2. The van der Waals surface area contributed by atoms with Crippen LogP contribution in [0.2, 0.25) is 5.02 Å². The SMILES string of the molecule is CN(CCOc1ccc(Cl)cc1)Cc1nc2scc(-c3ccc(F)cc3)c2c(=O)[nH]1. The van der Waals surface area contributed by atoms with Crippen molar-refractivity contribution in [2.24, 2.45) is 0 Å². The first-order chi connectivity index (χ1) is 14.5. The van der Waals surface area contributed by atoms with E-state index in [0.29, 0.717) is 40.8 Å². The first-order valence-corrected chi connectivity index (χ1v) is 10.6. The summed E-state index contributed by atoms with van der Waals surface area (Å²) in [7, 11) is 1.94.